The van der Waals surface area contributed by atoms with Crippen LogP contribution in [0.25, 0.3) is 39.0 Å². The number of halogens is 1. The number of nitrogens with two attached hydrogens (primary N) is 1. The molecule has 0 radical (unpaired) electrons. The van der Waals surface area contributed by atoms with E-state index in [-0.39, 0.29) is 25.0 Å². The van der Waals surface area contributed by atoms with Crippen molar-refractivity contribution in [2.45, 2.75) is 65.3 Å². The van der Waals surface area contributed by atoms with Gasteiger partial charge in [0.1, 0.15) is 35.2 Å². The molecule has 1 atom stereocenters. The molecule has 328 valence electrons. The average molecular weight is 926 g/mol. The summed E-state index contributed by atoms with van der Waals surface area (Å²) in [5.74, 6) is 3.15. The molecule has 1 fully saturated rings. The third-order valence-electron chi connectivity index (χ3n) is 11.4. The third kappa shape index (κ3) is 8.45. The lowest BCUT2D eigenvalue weighted by Crippen LogP contribution is -2.42. The van der Waals surface area contributed by atoms with Crippen LogP contribution in [0.3, 0.4) is 0 Å². The highest BCUT2D eigenvalue weighted by molar-refractivity contribution is 9.10. The SMILES string of the molecule is C=C(Cn1c(CNc2nc(N(C)CC(C)(C)O)nc3c(Br)cnn23)nc2cc(C)c(C)cc21)C(=O)N1CCC[C@@H](n2nc(-c3ccc(Oc4ccccc4)cc3)c3c(N)ncnc32)C1. The number of nitrogens with zero attached hydrogens (tertiary/aromatic N) is 12. The number of ether oxygens (including phenoxy) is 1. The van der Waals surface area contributed by atoms with Gasteiger partial charge in [-0.1, -0.05) is 24.8 Å². The molecular weight excluding hydrogens is 877 g/mol. The third-order valence-corrected chi connectivity index (χ3v) is 12.0. The molecule has 1 aliphatic heterocycles. The summed E-state index contributed by atoms with van der Waals surface area (Å²) in [6, 6.07) is 21.3. The summed E-state index contributed by atoms with van der Waals surface area (Å²) < 4.78 is 12.3. The van der Waals surface area contributed by atoms with Crippen molar-refractivity contribution in [2.24, 2.45) is 0 Å². The Kier molecular flexibility index (Phi) is 11.2. The minimum absolute atomic E-state index is 0.146. The Labute approximate surface area is 377 Å². The molecule has 64 heavy (non-hydrogen) atoms. The van der Waals surface area contributed by atoms with Gasteiger partial charge in [0, 0.05) is 37.8 Å². The van der Waals surface area contributed by atoms with Gasteiger partial charge in [-0.3, -0.25) is 4.79 Å². The number of rotatable bonds is 13. The Bertz CT molecular complexity index is 3050. The van der Waals surface area contributed by atoms with E-state index >= 15 is 0 Å². The molecule has 3 aromatic carbocycles. The monoisotopic (exact) mass is 924 g/mol. The average Bonchev–Trinajstić information content (AvgIpc) is 3.96. The molecule has 4 N–H and O–H groups in total. The van der Waals surface area contributed by atoms with Crippen molar-refractivity contribution in [3.63, 3.8) is 0 Å². The number of nitrogens with one attached hydrogen (secondary N) is 1. The van der Waals surface area contributed by atoms with Crippen molar-refractivity contribution in [1.82, 2.24) is 53.8 Å². The number of anilines is 3. The zero-order valence-electron chi connectivity index (χ0n) is 36.3. The molecule has 1 amide bonds. The summed E-state index contributed by atoms with van der Waals surface area (Å²) in [6.07, 6.45) is 4.66. The van der Waals surface area contributed by atoms with Crippen LogP contribution in [-0.4, -0.2) is 97.1 Å². The highest BCUT2D eigenvalue weighted by atomic mass is 79.9. The minimum atomic E-state index is -0.973. The van der Waals surface area contributed by atoms with Gasteiger partial charge < -0.3 is 35.3 Å². The smallest absolute Gasteiger partial charge is 0.251 e. The van der Waals surface area contributed by atoms with Crippen molar-refractivity contribution < 1.29 is 14.6 Å². The summed E-state index contributed by atoms with van der Waals surface area (Å²) in [5, 5.41) is 24.2. The van der Waals surface area contributed by atoms with Crippen LogP contribution in [0.15, 0.2) is 95.9 Å². The molecule has 0 bridgehead atoms. The molecule has 0 unspecified atom stereocenters. The first kappa shape index (κ1) is 42.4. The number of carbonyl (C=O) groups excluding carboxylic acids is 1. The second-order valence-corrected chi connectivity index (χ2v) is 17.8. The second kappa shape index (κ2) is 17.0. The zero-order valence-corrected chi connectivity index (χ0v) is 37.9. The number of nitrogen functional groups attached to an aromatic ring is 1. The number of likely N-dealkylation sites (N-methyl/N-ethyl adjacent to an activating group) is 1. The summed E-state index contributed by atoms with van der Waals surface area (Å²) in [6.45, 7) is 13.7. The molecule has 0 aliphatic carbocycles. The molecule has 9 rings (SSSR count). The molecule has 18 heteroatoms. The largest absolute Gasteiger partial charge is 0.457 e. The molecule has 0 saturated carbocycles. The second-order valence-electron chi connectivity index (χ2n) is 17.0. The van der Waals surface area contributed by atoms with E-state index in [1.165, 1.54) is 6.33 Å². The Morgan fingerprint density at radius 1 is 1.03 bits per heavy atom. The number of hydrogen-bond donors (Lipinski definition) is 3. The van der Waals surface area contributed by atoms with Gasteiger partial charge in [-0.25, -0.2) is 19.6 Å². The molecule has 1 saturated heterocycles. The van der Waals surface area contributed by atoms with Crippen LogP contribution in [0, 0.1) is 13.8 Å². The molecule has 1 aliphatic rings. The van der Waals surface area contributed by atoms with E-state index in [1.54, 1.807) is 29.5 Å². The highest BCUT2D eigenvalue weighted by Gasteiger charge is 2.30. The van der Waals surface area contributed by atoms with Crippen LogP contribution in [0.2, 0.25) is 0 Å². The van der Waals surface area contributed by atoms with Crippen LogP contribution in [0.4, 0.5) is 17.7 Å². The Morgan fingerprint density at radius 2 is 1.78 bits per heavy atom. The maximum atomic E-state index is 14.4. The summed E-state index contributed by atoms with van der Waals surface area (Å²) >= 11 is 3.56. The molecule has 8 aromatic rings. The lowest BCUT2D eigenvalue weighted by Gasteiger charge is -2.33. The van der Waals surface area contributed by atoms with Gasteiger partial charge in [0.15, 0.2) is 11.3 Å². The number of aromatic nitrogens is 10. The number of hydrogen-bond acceptors (Lipinski definition) is 13. The van der Waals surface area contributed by atoms with E-state index in [1.807, 2.05) is 75.8 Å². The van der Waals surface area contributed by atoms with Crippen LogP contribution >= 0.6 is 15.9 Å². The van der Waals surface area contributed by atoms with E-state index in [4.69, 9.17) is 30.5 Å². The fourth-order valence-electron chi connectivity index (χ4n) is 8.25. The van der Waals surface area contributed by atoms with Gasteiger partial charge in [0.05, 0.1) is 51.8 Å². The fourth-order valence-corrected chi connectivity index (χ4v) is 8.60. The fraction of sp³-hybridized carbons (Fsp3) is 0.304. The topological polar surface area (TPSA) is 196 Å². The lowest BCUT2D eigenvalue weighted by molar-refractivity contribution is -0.129. The number of carbonyl (C=O) groups is 1. The summed E-state index contributed by atoms with van der Waals surface area (Å²) in [5.41, 5.74) is 12.5. The quantitative estimate of drug-likeness (QED) is 0.0978. The first-order valence-electron chi connectivity index (χ1n) is 21.0. The first-order chi connectivity index (χ1) is 30.7. The van der Waals surface area contributed by atoms with Crippen LogP contribution in [0.5, 0.6) is 11.5 Å². The molecule has 5 aromatic heterocycles. The van der Waals surface area contributed by atoms with Gasteiger partial charge >= 0.3 is 0 Å². The number of para-hydroxylation sites is 1. The van der Waals surface area contributed by atoms with Crippen LogP contribution in [-0.2, 0) is 17.9 Å². The number of aliphatic hydroxyl groups is 1. The predicted octanol–water partition coefficient (Wildman–Crippen LogP) is 7.27. The first-order valence-corrected chi connectivity index (χ1v) is 21.8. The van der Waals surface area contributed by atoms with E-state index < -0.39 is 5.60 Å². The Balaban J connectivity index is 0.963. The van der Waals surface area contributed by atoms with E-state index in [0.717, 1.165) is 46.3 Å². The van der Waals surface area contributed by atoms with Crippen molar-refractivity contribution in [3.8, 4) is 22.8 Å². The number of amides is 1. The zero-order chi connectivity index (χ0) is 44.9. The van der Waals surface area contributed by atoms with Crippen molar-refractivity contribution in [3.05, 3.63) is 113 Å². The lowest BCUT2D eigenvalue weighted by atomic mass is 10.0. The van der Waals surface area contributed by atoms with Crippen molar-refractivity contribution in [1.29, 1.82) is 0 Å². The molecular formula is C46H49BrN14O3. The van der Waals surface area contributed by atoms with E-state index in [9.17, 15) is 9.90 Å². The number of fused-ring (bicyclic) bond motifs is 3. The summed E-state index contributed by atoms with van der Waals surface area (Å²) in [4.78, 5) is 41.6. The number of piperidine rings is 1. The standard InChI is InChI=1S/C46H49BrN14O3/c1-27-19-35-36(20-28(27)2)59(37(53-35)22-49-44-55-45(57(6)25-46(4,5)63)54-41-34(47)21-52-61(41)44)23-29(3)43(62)58-18-10-11-31(24-58)60-42-38(40(48)50-26-51-42)39(56-60)30-14-16-33(17-15-30)64-32-12-8-7-9-13-32/h7-9,12-17,19-21,26,31,63H,3,10-11,18,22-25H2,1-2,4-6H3,(H2,48,50,51)(H,49,54,55)/t31-/m1/s1. The molecule has 6 heterocycles. The number of aryl methyl sites for hydroxylation is 2. The molecule has 0 spiro atoms. The van der Waals surface area contributed by atoms with Crippen LogP contribution < -0.4 is 20.7 Å². The number of likely N-dealkylation sites (tertiary alicyclic amines) is 1. The van der Waals surface area contributed by atoms with Gasteiger partial charge in [-0.15, -0.1) is 0 Å². The van der Waals surface area contributed by atoms with E-state index in [2.05, 4.69) is 68.9 Å². The number of imidazole rings is 1. The van der Waals surface area contributed by atoms with Crippen molar-refractivity contribution >= 4 is 67.3 Å². The maximum Gasteiger partial charge on any atom is 0.251 e. The predicted molar refractivity (Wildman–Crippen MR) is 250 cm³/mol. The minimum Gasteiger partial charge on any atom is -0.457 e. The molecule has 17 nitrogen and oxygen atoms in total. The van der Waals surface area contributed by atoms with Gasteiger partial charge in [-0.2, -0.15) is 24.7 Å². The Hall–Kier alpha value is -6.92. The van der Waals surface area contributed by atoms with Gasteiger partial charge in [0.25, 0.3) is 5.91 Å². The van der Waals surface area contributed by atoms with Crippen molar-refractivity contribution in [2.75, 3.05) is 42.6 Å². The van der Waals surface area contributed by atoms with E-state index in [0.29, 0.717) is 81.3 Å². The highest BCUT2D eigenvalue weighted by Crippen LogP contribution is 2.35. The van der Waals surface area contributed by atoms with Gasteiger partial charge in [0.2, 0.25) is 11.9 Å². The summed E-state index contributed by atoms with van der Waals surface area (Å²) in [7, 11) is 1.83. The van der Waals surface area contributed by atoms with Gasteiger partial charge in [-0.05, 0) is 116 Å². The van der Waals surface area contributed by atoms with Crippen LogP contribution in [0.1, 0.15) is 49.7 Å². The Morgan fingerprint density at radius 3 is 2.55 bits per heavy atom. The normalized spacial score (nSPS) is 14.4. The number of benzene rings is 3. The maximum absolute atomic E-state index is 14.4.